The van der Waals surface area contributed by atoms with E-state index in [1.165, 1.54) is 31.2 Å². The molecule has 1 nitrogen and oxygen atoms in total. The minimum Gasteiger partial charge on any atom is -0.315 e. The lowest BCUT2D eigenvalue weighted by Gasteiger charge is -2.37. The summed E-state index contributed by atoms with van der Waals surface area (Å²) < 4.78 is 0. The van der Waals surface area contributed by atoms with Crippen LogP contribution in [0.2, 0.25) is 0 Å². The number of rotatable bonds is 4. The van der Waals surface area contributed by atoms with Crippen molar-refractivity contribution >= 4 is 0 Å². The number of nitrogens with one attached hydrogen (secondary N) is 1. The van der Waals surface area contributed by atoms with Crippen LogP contribution in [-0.2, 0) is 5.41 Å². The molecule has 0 saturated heterocycles. The Balaban J connectivity index is 2.36. The lowest BCUT2D eigenvalue weighted by molar-refractivity contribution is 0.314. The average molecular weight is 227 g/mol. The summed E-state index contributed by atoms with van der Waals surface area (Å²) in [6.07, 6.45) is 11.5. The molecule has 17 heavy (non-hydrogen) atoms. The van der Waals surface area contributed by atoms with Crippen molar-refractivity contribution in [2.24, 2.45) is 0 Å². The second-order valence-corrected chi connectivity index (χ2v) is 4.98. The van der Waals surface area contributed by atoms with Crippen molar-refractivity contribution in [3.63, 3.8) is 0 Å². The Morgan fingerprint density at radius 1 is 1.29 bits per heavy atom. The highest BCUT2D eigenvalue weighted by atomic mass is 14.9. The summed E-state index contributed by atoms with van der Waals surface area (Å²) in [4.78, 5) is 0. The summed E-state index contributed by atoms with van der Waals surface area (Å²) in [7, 11) is 2.03. The lowest BCUT2D eigenvalue weighted by Crippen LogP contribution is -2.45. The van der Waals surface area contributed by atoms with Crippen LogP contribution in [0.25, 0.3) is 0 Å². The van der Waals surface area contributed by atoms with E-state index in [0.29, 0.717) is 6.04 Å². The fourth-order valence-corrected chi connectivity index (χ4v) is 3.31. The zero-order chi connectivity index (χ0) is 12.1. The van der Waals surface area contributed by atoms with Gasteiger partial charge in [-0.2, -0.15) is 0 Å². The molecular weight excluding hydrogens is 206 g/mol. The van der Waals surface area contributed by atoms with E-state index in [0.717, 1.165) is 6.42 Å². The van der Waals surface area contributed by atoms with Crippen molar-refractivity contribution in [3.8, 4) is 12.3 Å². The smallest absolute Gasteiger partial charge is 0.0270 e. The highest BCUT2D eigenvalue weighted by Crippen LogP contribution is 2.44. The molecule has 0 spiro atoms. The van der Waals surface area contributed by atoms with E-state index in [1.807, 2.05) is 7.05 Å². The summed E-state index contributed by atoms with van der Waals surface area (Å²) in [5, 5.41) is 3.44. The minimum atomic E-state index is 0.252. The fourth-order valence-electron chi connectivity index (χ4n) is 3.31. The molecule has 1 fully saturated rings. The van der Waals surface area contributed by atoms with Crippen LogP contribution in [0.1, 0.15) is 37.7 Å². The van der Waals surface area contributed by atoms with Crippen LogP contribution in [0.5, 0.6) is 0 Å². The van der Waals surface area contributed by atoms with Gasteiger partial charge in [-0.05, 0) is 25.5 Å². The first-order chi connectivity index (χ1) is 8.33. The second-order valence-electron chi connectivity index (χ2n) is 4.98. The highest BCUT2D eigenvalue weighted by Gasteiger charge is 2.41. The first kappa shape index (κ1) is 12.2. The third-order valence-electron chi connectivity index (χ3n) is 4.18. The Morgan fingerprint density at radius 2 is 1.94 bits per heavy atom. The number of hydrogen-bond donors (Lipinski definition) is 1. The molecule has 1 aromatic rings. The van der Waals surface area contributed by atoms with Crippen molar-refractivity contribution in [2.75, 3.05) is 7.05 Å². The molecule has 1 aliphatic rings. The molecule has 0 radical (unpaired) electrons. The Kier molecular flexibility index (Phi) is 3.86. The monoisotopic (exact) mass is 227 g/mol. The number of likely N-dealkylation sites (N-methyl/N-ethyl adjacent to an activating group) is 1. The standard InChI is InChI=1S/C16H21N/c1-3-9-15(17-2)16(12-7-8-13-16)14-10-5-4-6-11-14/h1,4-6,10-11,15,17H,7-9,12-13H2,2H3. The summed E-state index contributed by atoms with van der Waals surface area (Å²) >= 11 is 0. The summed E-state index contributed by atoms with van der Waals surface area (Å²) in [6, 6.07) is 11.3. The number of terminal acetylenes is 1. The predicted molar refractivity (Wildman–Crippen MR) is 72.9 cm³/mol. The number of hydrogen-bond acceptors (Lipinski definition) is 1. The second kappa shape index (κ2) is 5.38. The molecule has 0 heterocycles. The third kappa shape index (κ3) is 2.23. The molecule has 1 aromatic carbocycles. The van der Waals surface area contributed by atoms with Crippen molar-refractivity contribution in [2.45, 2.75) is 43.6 Å². The van der Waals surface area contributed by atoms with E-state index >= 15 is 0 Å². The number of benzene rings is 1. The van der Waals surface area contributed by atoms with Gasteiger partial charge in [0.25, 0.3) is 0 Å². The van der Waals surface area contributed by atoms with Crippen molar-refractivity contribution in [1.29, 1.82) is 0 Å². The molecule has 0 aliphatic heterocycles. The highest BCUT2D eigenvalue weighted by molar-refractivity contribution is 5.30. The van der Waals surface area contributed by atoms with Gasteiger partial charge in [0, 0.05) is 17.9 Å². The largest absolute Gasteiger partial charge is 0.315 e. The molecular formula is C16H21N. The Hall–Kier alpha value is -1.26. The van der Waals surface area contributed by atoms with Crippen LogP contribution in [0.15, 0.2) is 30.3 Å². The zero-order valence-corrected chi connectivity index (χ0v) is 10.6. The molecule has 0 bridgehead atoms. The summed E-state index contributed by atoms with van der Waals surface area (Å²) in [5.74, 6) is 2.83. The van der Waals surface area contributed by atoms with Crippen LogP contribution in [0.3, 0.4) is 0 Å². The normalized spacial score (nSPS) is 19.8. The van der Waals surface area contributed by atoms with Crippen molar-refractivity contribution < 1.29 is 0 Å². The van der Waals surface area contributed by atoms with Gasteiger partial charge in [-0.15, -0.1) is 12.3 Å². The summed E-state index contributed by atoms with van der Waals surface area (Å²) in [6.45, 7) is 0. The first-order valence-corrected chi connectivity index (χ1v) is 6.50. The predicted octanol–water partition coefficient (Wildman–Crippen LogP) is 3.11. The fraction of sp³-hybridized carbons (Fsp3) is 0.500. The van der Waals surface area contributed by atoms with Gasteiger partial charge < -0.3 is 5.32 Å². The van der Waals surface area contributed by atoms with E-state index in [-0.39, 0.29) is 5.41 Å². The molecule has 1 unspecified atom stereocenters. The molecule has 2 rings (SSSR count). The van der Waals surface area contributed by atoms with Crippen LogP contribution in [-0.4, -0.2) is 13.1 Å². The Bertz CT molecular complexity index is 382. The average Bonchev–Trinajstić information content (AvgIpc) is 2.87. The van der Waals surface area contributed by atoms with E-state index in [2.05, 4.69) is 41.6 Å². The van der Waals surface area contributed by atoms with Gasteiger partial charge in [0.2, 0.25) is 0 Å². The van der Waals surface area contributed by atoms with E-state index in [1.54, 1.807) is 0 Å². The molecule has 1 N–H and O–H groups in total. The summed E-state index contributed by atoms with van der Waals surface area (Å²) in [5.41, 5.74) is 1.70. The molecule has 0 aromatic heterocycles. The molecule has 1 aliphatic carbocycles. The molecule has 1 heteroatoms. The van der Waals surface area contributed by atoms with Crippen molar-refractivity contribution in [3.05, 3.63) is 35.9 Å². The third-order valence-corrected chi connectivity index (χ3v) is 4.18. The Labute approximate surface area is 105 Å². The van der Waals surface area contributed by atoms with Gasteiger partial charge in [0.05, 0.1) is 0 Å². The van der Waals surface area contributed by atoms with E-state index < -0.39 is 0 Å². The van der Waals surface area contributed by atoms with Gasteiger partial charge in [-0.25, -0.2) is 0 Å². The topological polar surface area (TPSA) is 12.0 Å². The van der Waals surface area contributed by atoms with Gasteiger partial charge in [-0.3, -0.25) is 0 Å². The minimum absolute atomic E-state index is 0.252. The zero-order valence-electron chi connectivity index (χ0n) is 10.6. The maximum absolute atomic E-state index is 5.52. The first-order valence-electron chi connectivity index (χ1n) is 6.50. The lowest BCUT2D eigenvalue weighted by atomic mass is 9.71. The van der Waals surface area contributed by atoms with Crippen LogP contribution in [0.4, 0.5) is 0 Å². The van der Waals surface area contributed by atoms with E-state index in [9.17, 15) is 0 Å². The van der Waals surface area contributed by atoms with Crippen LogP contribution < -0.4 is 5.32 Å². The molecule has 0 amide bonds. The van der Waals surface area contributed by atoms with Crippen LogP contribution >= 0.6 is 0 Å². The molecule has 90 valence electrons. The van der Waals surface area contributed by atoms with Gasteiger partial charge in [0.1, 0.15) is 0 Å². The van der Waals surface area contributed by atoms with Crippen molar-refractivity contribution in [1.82, 2.24) is 5.32 Å². The SMILES string of the molecule is C#CCC(NC)C1(c2ccccc2)CCCC1. The van der Waals surface area contributed by atoms with Gasteiger partial charge in [0.15, 0.2) is 0 Å². The quantitative estimate of drug-likeness (QED) is 0.779. The Morgan fingerprint density at radius 3 is 2.47 bits per heavy atom. The van der Waals surface area contributed by atoms with Crippen LogP contribution in [0, 0.1) is 12.3 Å². The van der Waals surface area contributed by atoms with Gasteiger partial charge >= 0.3 is 0 Å². The molecule has 1 atom stereocenters. The van der Waals surface area contributed by atoms with Gasteiger partial charge in [-0.1, -0.05) is 43.2 Å². The molecule has 1 saturated carbocycles. The maximum atomic E-state index is 5.52. The van der Waals surface area contributed by atoms with E-state index in [4.69, 9.17) is 6.42 Å². The maximum Gasteiger partial charge on any atom is 0.0270 e.